The van der Waals surface area contributed by atoms with E-state index in [0.29, 0.717) is 6.42 Å². The van der Waals surface area contributed by atoms with Gasteiger partial charge in [-0.3, -0.25) is 4.79 Å². The van der Waals surface area contributed by atoms with Gasteiger partial charge in [-0.15, -0.1) is 0 Å². The lowest BCUT2D eigenvalue weighted by Crippen LogP contribution is -2.49. The van der Waals surface area contributed by atoms with Crippen molar-refractivity contribution in [1.82, 2.24) is 0 Å². The Hall–Kier alpha value is -4.63. The van der Waals surface area contributed by atoms with Gasteiger partial charge in [-0.05, 0) is 54.7 Å². The molecule has 4 N–H and O–H groups in total. The largest absolute Gasteiger partial charge is 0.399 e. The molecule has 3 heteroatoms. The van der Waals surface area contributed by atoms with Gasteiger partial charge in [0.25, 0.3) is 0 Å². The Balaban J connectivity index is 1.53. The Morgan fingerprint density at radius 3 is 1.87 bits per heavy atom. The highest BCUT2D eigenvalue weighted by Crippen LogP contribution is 2.57. The van der Waals surface area contributed by atoms with E-state index in [9.17, 15) is 0 Å². The standard InChI is InChI=1S/C43H46N2O/c1-3-26-41(34-18-22-36(44)23-19-34)28-10-8-16-38(41)33-15-12-30-43(31-33,40(46)32-13-6-5-7-14-32)39-17-9-11-29-42(39,27-4-2)35-20-24-37(45)25-21-35/h5-25,28-30,38-39H,3-4,26-27,31,44-45H2,1-2H3. The van der Waals surface area contributed by atoms with E-state index < -0.39 is 5.41 Å². The van der Waals surface area contributed by atoms with Gasteiger partial charge in [-0.1, -0.05) is 154 Å². The van der Waals surface area contributed by atoms with Crippen LogP contribution in [-0.4, -0.2) is 5.78 Å². The Morgan fingerprint density at radius 1 is 0.674 bits per heavy atom. The predicted octanol–water partition coefficient (Wildman–Crippen LogP) is 9.87. The van der Waals surface area contributed by atoms with Crippen molar-refractivity contribution < 1.29 is 4.79 Å². The number of nitrogens with two attached hydrogens (primary N) is 2. The van der Waals surface area contributed by atoms with Crippen LogP contribution in [0.25, 0.3) is 0 Å². The number of ketones is 1. The second-order valence-corrected chi connectivity index (χ2v) is 13.3. The molecule has 0 amide bonds. The topological polar surface area (TPSA) is 69.1 Å². The summed E-state index contributed by atoms with van der Waals surface area (Å²) in [5, 5.41) is 0. The first kappa shape index (κ1) is 31.4. The Kier molecular flexibility index (Phi) is 8.86. The summed E-state index contributed by atoms with van der Waals surface area (Å²) in [5.74, 6) is 0.148. The SMILES string of the molecule is CCCC1(c2ccc(N)cc2)C=CC=CC1C1=CC=CC(C(=O)c2ccccc2)(C2C=CC=CC2(CCC)c2ccc(N)cc2)C1. The van der Waals surface area contributed by atoms with E-state index in [4.69, 9.17) is 11.5 Å². The molecule has 3 aromatic rings. The minimum absolute atomic E-state index is 0.0918. The molecular weight excluding hydrogens is 560 g/mol. The molecule has 0 aliphatic heterocycles. The molecule has 6 rings (SSSR count). The Morgan fingerprint density at radius 2 is 1.24 bits per heavy atom. The summed E-state index contributed by atoms with van der Waals surface area (Å²) in [6, 6.07) is 26.6. The third-order valence-electron chi connectivity index (χ3n) is 10.6. The number of Topliss-reactive ketones (excluding diaryl/α,β-unsaturated/α-hetero) is 1. The van der Waals surface area contributed by atoms with E-state index in [1.54, 1.807) is 0 Å². The first-order valence-electron chi connectivity index (χ1n) is 16.8. The summed E-state index contributed by atoms with van der Waals surface area (Å²) >= 11 is 0. The number of allylic oxidation sites excluding steroid dienone is 12. The van der Waals surface area contributed by atoms with Gasteiger partial charge in [0.15, 0.2) is 5.78 Å². The van der Waals surface area contributed by atoms with Crippen LogP contribution in [0, 0.1) is 17.3 Å². The molecule has 0 saturated heterocycles. The van der Waals surface area contributed by atoms with Crippen molar-refractivity contribution in [3.05, 3.63) is 168 Å². The molecule has 0 fully saturated rings. The summed E-state index contributed by atoms with van der Waals surface area (Å²) < 4.78 is 0. The number of hydrogen-bond donors (Lipinski definition) is 2. The average molecular weight is 607 g/mol. The lowest BCUT2D eigenvalue weighted by molar-refractivity contribution is 0.0723. The Labute approximate surface area is 274 Å². The van der Waals surface area contributed by atoms with Crippen LogP contribution in [0.5, 0.6) is 0 Å². The van der Waals surface area contributed by atoms with E-state index in [1.165, 1.54) is 16.7 Å². The van der Waals surface area contributed by atoms with E-state index in [-0.39, 0.29) is 28.4 Å². The van der Waals surface area contributed by atoms with Crippen LogP contribution >= 0.6 is 0 Å². The monoisotopic (exact) mass is 606 g/mol. The van der Waals surface area contributed by atoms with Gasteiger partial charge in [0.2, 0.25) is 0 Å². The number of hydrogen-bond acceptors (Lipinski definition) is 3. The molecule has 5 atom stereocenters. The zero-order valence-electron chi connectivity index (χ0n) is 27.1. The molecule has 46 heavy (non-hydrogen) atoms. The van der Waals surface area contributed by atoms with Gasteiger partial charge < -0.3 is 11.5 Å². The van der Waals surface area contributed by atoms with Crippen LogP contribution in [0.15, 0.2) is 151 Å². The molecule has 3 nitrogen and oxygen atoms in total. The van der Waals surface area contributed by atoms with Gasteiger partial charge in [-0.2, -0.15) is 0 Å². The minimum Gasteiger partial charge on any atom is -0.399 e. The highest BCUT2D eigenvalue weighted by molar-refractivity contribution is 6.03. The second-order valence-electron chi connectivity index (χ2n) is 13.3. The lowest BCUT2D eigenvalue weighted by atomic mass is 9.51. The van der Waals surface area contributed by atoms with Crippen LogP contribution < -0.4 is 11.5 Å². The van der Waals surface area contributed by atoms with Crippen molar-refractivity contribution in [2.45, 2.75) is 56.8 Å². The molecular formula is C43H46N2O. The molecule has 234 valence electrons. The summed E-state index contributed by atoms with van der Waals surface area (Å²) in [6.07, 6.45) is 29.2. The van der Waals surface area contributed by atoms with Crippen LogP contribution in [0.3, 0.4) is 0 Å². The molecule has 3 aliphatic rings. The maximum Gasteiger partial charge on any atom is 0.173 e. The third kappa shape index (κ3) is 5.42. The molecule has 0 saturated carbocycles. The quantitative estimate of drug-likeness (QED) is 0.178. The minimum atomic E-state index is -0.808. The molecule has 0 aromatic heterocycles. The molecule has 3 aromatic carbocycles. The number of anilines is 2. The van der Waals surface area contributed by atoms with Crippen LogP contribution in [-0.2, 0) is 10.8 Å². The fourth-order valence-corrected chi connectivity index (χ4v) is 8.56. The highest BCUT2D eigenvalue weighted by atomic mass is 16.1. The van der Waals surface area contributed by atoms with Crippen LogP contribution in [0.2, 0.25) is 0 Å². The van der Waals surface area contributed by atoms with Gasteiger partial charge in [0.1, 0.15) is 0 Å². The normalized spacial score (nSPS) is 28.3. The van der Waals surface area contributed by atoms with Crippen LogP contribution in [0.4, 0.5) is 11.4 Å². The molecule has 0 bridgehead atoms. The average Bonchev–Trinajstić information content (AvgIpc) is 3.09. The fourth-order valence-electron chi connectivity index (χ4n) is 8.56. The van der Waals surface area contributed by atoms with E-state index >= 15 is 4.79 Å². The first-order valence-corrected chi connectivity index (χ1v) is 16.8. The van der Waals surface area contributed by atoms with Gasteiger partial charge in [0.05, 0.1) is 5.41 Å². The van der Waals surface area contributed by atoms with Crippen molar-refractivity contribution in [2.75, 3.05) is 11.5 Å². The molecule has 0 heterocycles. The zero-order valence-corrected chi connectivity index (χ0v) is 27.1. The van der Waals surface area contributed by atoms with Crippen LogP contribution in [0.1, 0.15) is 67.4 Å². The van der Waals surface area contributed by atoms with E-state index in [0.717, 1.165) is 42.6 Å². The van der Waals surface area contributed by atoms with Gasteiger partial charge in [0, 0.05) is 39.6 Å². The maximum absolute atomic E-state index is 15.2. The van der Waals surface area contributed by atoms with Crippen molar-refractivity contribution in [1.29, 1.82) is 0 Å². The predicted molar refractivity (Wildman–Crippen MR) is 193 cm³/mol. The van der Waals surface area contributed by atoms with E-state index in [1.807, 2.05) is 54.6 Å². The molecule has 0 radical (unpaired) electrons. The Bertz CT molecular complexity index is 1720. The van der Waals surface area contributed by atoms with Gasteiger partial charge in [-0.25, -0.2) is 0 Å². The molecule has 0 spiro atoms. The van der Waals surface area contributed by atoms with Crippen molar-refractivity contribution in [3.8, 4) is 0 Å². The van der Waals surface area contributed by atoms with Crippen molar-refractivity contribution >= 4 is 17.2 Å². The third-order valence-corrected chi connectivity index (χ3v) is 10.6. The molecule has 5 unspecified atom stereocenters. The molecule has 3 aliphatic carbocycles. The number of carbonyl (C=O) groups is 1. The summed E-state index contributed by atoms with van der Waals surface area (Å²) in [7, 11) is 0. The maximum atomic E-state index is 15.2. The zero-order chi connectivity index (χ0) is 32.2. The fraction of sp³-hybridized carbons (Fsp3) is 0.279. The highest BCUT2D eigenvalue weighted by Gasteiger charge is 2.54. The number of rotatable bonds is 10. The summed E-state index contributed by atoms with van der Waals surface area (Å²) in [4.78, 5) is 15.2. The summed E-state index contributed by atoms with van der Waals surface area (Å²) in [6.45, 7) is 4.49. The van der Waals surface area contributed by atoms with E-state index in [2.05, 4.69) is 105 Å². The second kappa shape index (κ2) is 13.0. The van der Waals surface area contributed by atoms with Gasteiger partial charge >= 0.3 is 0 Å². The summed E-state index contributed by atoms with van der Waals surface area (Å²) in [5.41, 5.74) is 16.9. The van der Waals surface area contributed by atoms with Crippen molar-refractivity contribution in [2.24, 2.45) is 17.3 Å². The number of nitrogen functional groups attached to an aromatic ring is 2. The number of benzene rings is 3. The number of carbonyl (C=O) groups excluding carboxylic acids is 1. The van der Waals surface area contributed by atoms with Crippen molar-refractivity contribution in [3.63, 3.8) is 0 Å². The first-order chi connectivity index (χ1) is 22.4. The smallest absolute Gasteiger partial charge is 0.173 e. The lowest BCUT2D eigenvalue weighted by Gasteiger charge is -2.51.